The molecule has 21 heavy (non-hydrogen) atoms. The summed E-state index contributed by atoms with van der Waals surface area (Å²) in [5.41, 5.74) is 2.49. The Kier molecular flexibility index (Phi) is 3.67. The first kappa shape index (κ1) is 13.7. The van der Waals surface area contributed by atoms with Gasteiger partial charge in [0.1, 0.15) is 0 Å². The van der Waals surface area contributed by atoms with Crippen LogP contribution in [-0.2, 0) is 0 Å². The molecular weight excluding hydrogens is 284 g/mol. The average Bonchev–Trinajstić information content (AvgIpc) is 2.94. The molecule has 3 aromatic rings. The molecule has 0 aliphatic rings. The number of hydrogen-bond donors (Lipinski definition) is 2. The number of halogens is 1. The maximum Gasteiger partial charge on any atom is 0.251 e. The Hall–Kier alpha value is -2.26. The minimum atomic E-state index is -0.148. The number of H-pyrrole nitrogens is 1. The standard InChI is InChI=1S/C17H15ClN2O/c1-11(14-4-2-3-5-15(14)18)20-17(21)13-7-6-12-8-9-19-16(12)10-13/h2-11,19H,1H3,(H,20,21)/t11-/m1/s1. The van der Waals surface area contributed by atoms with Crippen LogP contribution in [0.25, 0.3) is 10.9 Å². The Bertz CT molecular complexity index is 794. The zero-order chi connectivity index (χ0) is 14.8. The van der Waals surface area contributed by atoms with Crippen molar-refractivity contribution in [1.29, 1.82) is 0 Å². The first-order valence-corrected chi connectivity index (χ1v) is 7.15. The zero-order valence-electron chi connectivity index (χ0n) is 11.6. The van der Waals surface area contributed by atoms with Gasteiger partial charge in [-0.15, -0.1) is 0 Å². The molecule has 106 valence electrons. The lowest BCUT2D eigenvalue weighted by Gasteiger charge is -2.15. The van der Waals surface area contributed by atoms with Gasteiger partial charge in [-0.2, -0.15) is 0 Å². The molecule has 0 spiro atoms. The van der Waals surface area contributed by atoms with Crippen LogP contribution in [-0.4, -0.2) is 10.9 Å². The van der Waals surface area contributed by atoms with Gasteiger partial charge in [-0.1, -0.05) is 35.9 Å². The van der Waals surface area contributed by atoms with Gasteiger partial charge in [-0.25, -0.2) is 0 Å². The molecule has 0 aliphatic carbocycles. The largest absolute Gasteiger partial charge is 0.361 e. The van der Waals surface area contributed by atoms with Gasteiger partial charge in [0.25, 0.3) is 5.91 Å². The molecule has 0 unspecified atom stereocenters. The molecule has 0 bridgehead atoms. The highest BCUT2D eigenvalue weighted by atomic mass is 35.5. The number of nitrogens with one attached hydrogen (secondary N) is 2. The summed E-state index contributed by atoms with van der Waals surface area (Å²) in [4.78, 5) is 15.4. The molecule has 0 saturated carbocycles. The van der Waals surface area contributed by atoms with E-state index in [1.807, 2.05) is 61.7 Å². The van der Waals surface area contributed by atoms with E-state index in [0.29, 0.717) is 10.6 Å². The highest BCUT2D eigenvalue weighted by Gasteiger charge is 2.14. The van der Waals surface area contributed by atoms with Crippen molar-refractivity contribution in [2.24, 2.45) is 0 Å². The van der Waals surface area contributed by atoms with Gasteiger partial charge in [-0.3, -0.25) is 4.79 Å². The number of amides is 1. The molecule has 1 atom stereocenters. The number of hydrogen-bond acceptors (Lipinski definition) is 1. The second-order valence-electron chi connectivity index (χ2n) is 5.00. The van der Waals surface area contributed by atoms with Crippen molar-refractivity contribution in [3.63, 3.8) is 0 Å². The Morgan fingerprint density at radius 3 is 2.81 bits per heavy atom. The second kappa shape index (κ2) is 5.62. The summed E-state index contributed by atoms with van der Waals surface area (Å²) in [6.45, 7) is 1.92. The van der Waals surface area contributed by atoms with Crippen LogP contribution in [0.2, 0.25) is 5.02 Å². The Morgan fingerprint density at radius 1 is 1.19 bits per heavy atom. The minimum absolute atomic E-state index is 0.112. The summed E-state index contributed by atoms with van der Waals surface area (Å²) in [6, 6.07) is 15.0. The van der Waals surface area contributed by atoms with Crippen molar-refractivity contribution >= 4 is 28.4 Å². The van der Waals surface area contributed by atoms with E-state index in [0.717, 1.165) is 16.5 Å². The number of aromatic amines is 1. The summed E-state index contributed by atoms with van der Waals surface area (Å²) < 4.78 is 0. The van der Waals surface area contributed by atoms with Gasteiger partial charge >= 0.3 is 0 Å². The highest BCUT2D eigenvalue weighted by Crippen LogP contribution is 2.22. The van der Waals surface area contributed by atoms with Crippen LogP contribution in [0.3, 0.4) is 0 Å². The van der Waals surface area contributed by atoms with E-state index in [4.69, 9.17) is 11.6 Å². The van der Waals surface area contributed by atoms with Crippen LogP contribution in [0.5, 0.6) is 0 Å². The number of carbonyl (C=O) groups is 1. The second-order valence-corrected chi connectivity index (χ2v) is 5.40. The van der Waals surface area contributed by atoms with Crippen LogP contribution in [0, 0.1) is 0 Å². The molecule has 0 fully saturated rings. The van der Waals surface area contributed by atoms with Crippen LogP contribution in [0.4, 0.5) is 0 Å². The topological polar surface area (TPSA) is 44.9 Å². The van der Waals surface area contributed by atoms with Crippen LogP contribution < -0.4 is 5.32 Å². The lowest BCUT2D eigenvalue weighted by Crippen LogP contribution is -2.26. The predicted molar refractivity (Wildman–Crippen MR) is 85.6 cm³/mol. The van der Waals surface area contributed by atoms with E-state index in [1.165, 1.54) is 0 Å². The van der Waals surface area contributed by atoms with Crippen molar-refractivity contribution in [1.82, 2.24) is 10.3 Å². The van der Waals surface area contributed by atoms with Gasteiger partial charge in [0, 0.05) is 22.3 Å². The average molecular weight is 299 g/mol. The Balaban J connectivity index is 1.81. The number of fused-ring (bicyclic) bond motifs is 1. The predicted octanol–water partition coefficient (Wildman–Crippen LogP) is 4.31. The zero-order valence-corrected chi connectivity index (χ0v) is 12.3. The lowest BCUT2D eigenvalue weighted by molar-refractivity contribution is 0.0940. The molecule has 1 aromatic heterocycles. The van der Waals surface area contributed by atoms with E-state index < -0.39 is 0 Å². The molecule has 1 amide bonds. The molecule has 0 aliphatic heterocycles. The molecule has 0 saturated heterocycles. The van der Waals surface area contributed by atoms with Crippen LogP contribution in [0.15, 0.2) is 54.7 Å². The van der Waals surface area contributed by atoms with E-state index in [-0.39, 0.29) is 11.9 Å². The SMILES string of the molecule is C[C@@H](NC(=O)c1ccc2cc[nH]c2c1)c1ccccc1Cl. The Labute approximate surface area is 127 Å². The fourth-order valence-corrected chi connectivity index (χ4v) is 2.67. The smallest absolute Gasteiger partial charge is 0.251 e. The van der Waals surface area contributed by atoms with Gasteiger partial charge in [0.05, 0.1) is 6.04 Å². The summed E-state index contributed by atoms with van der Waals surface area (Å²) in [7, 11) is 0. The van der Waals surface area contributed by atoms with Gasteiger partial charge in [0.15, 0.2) is 0 Å². The van der Waals surface area contributed by atoms with E-state index in [1.54, 1.807) is 0 Å². The third kappa shape index (κ3) is 2.78. The van der Waals surface area contributed by atoms with Crippen molar-refractivity contribution in [3.05, 3.63) is 70.9 Å². The van der Waals surface area contributed by atoms with Crippen LogP contribution in [0.1, 0.15) is 28.9 Å². The number of rotatable bonds is 3. The third-order valence-corrected chi connectivity index (χ3v) is 3.88. The normalized spacial score (nSPS) is 12.3. The van der Waals surface area contributed by atoms with Gasteiger partial charge in [-0.05, 0) is 42.1 Å². The first-order chi connectivity index (χ1) is 10.1. The van der Waals surface area contributed by atoms with Crippen molar-refractivity contribution in [3.8, 4) is 0 Å². The van der Waals surface area contributed by atoms with E-state index in [9.17, 15) is 4.79 Å². The molecule has 4 heteroatoms. The summed E-state index contributed by atoms with van der Waals surface area (Å²) >= 11 is 6.16. The molecule has 0 radical (unpaired) electrons. The van der Waals surface area contributed by atoms with Crippen molar-refractivity contribution in [2.75, 3.05) is 0 Å². The first-order valence-electron chi connectivity index (χ1n) is 6.77. The molecule has 1 heterocycles. The maximum absolute atomic E-state index is 12.3. The molecule has 2 aromatic carbocycles. The van der Waals surface area contributed by atoms with E-state index >= 15 is 0 Å². The van der Waals surface area contributed by atoms with Crippen molar-refractivity contribution < 1.29 is 4.79 Å². The molecule has 2 N–H and O–H groups in total. The molecule has 3 rings (SSSR count). The maximum atomic E-state index is 12.3. The summed E-state index contributed by atoms with van der Waals surface area (Å²) in [5, 5.41) is 4.72. The van der Waals surface area contributed by atoms with Crippen molar-refractivity contribution in [2.45, 2.75) is 13.0 Å². The number of benzene rings is 2. The highest BCUT2D eigenvalue weighted by molar-refractivity contribution is 6.31. The summed E-state index contributed by atoms with van der Waals surface area (Å²) in [6.07, 6.45) is 1.86. The molecule has 3 nitrogen and oxygen atoms in total. The third-order valence-electron chi connectivity index (χ3n) is 3.54. The fraction of sp³-hybridized carbons (Fsp3) is 0.118. The number of aromatic nitrogens is 1. The monoisotopic (exact) mass is 298 g/mol. The molecular formula is C17H15ClN2O. The quantitative estimate of drug-likeness (QED) is 0.743. The fourth-order valence-electron chi connectivity index (χ4n) is 2.37. The minimum Gasteiger partial charge on any atom is -0.361 e. The summed E-state index contributed by atoms with van der Waals surface area (Å²) in [5.74, 6) is -0.112. The van der Waals surface area contributed by atoms with Gasteiger partial charge in [0.2, 0.25) is 0 Å². The number of carbonyl (C=O) groups excluding carboxylic acids is 1. The van der Waals surface area contributed by atoms with Crippen LogP contribution >= 0.6 is 11.6 Å². The van der Waals surface area contributed by atoms with E-state index in [2.05, 4.69) is 10.3 Å². The Morgan fingerprint density at radius 2 is 2.00 bits per heavy atom. The van der Waals surface area contributed by atoms with Gasteiger partial charge < -0.3 is 10.3 Å². The lowest BCUT2D eigenvalue weighted by atomic mass is 10.1.